The zero-order chi connectivity index (χ0) is 15.6. The summed E-state index contributed by atoms with van der Waals surface area (Å²) in [5.41, 5.74) is 6.88. The number of hydrogen-bond acceptors (Lipinski definition) is 4. The summed E-state index contributed by atoms with van der Waals surface area (Å²) in [4.78, 5) is 26.0. The van der Waals surface area contributed by atoms with Gasteiger partial charge in [-0.3, -0.25) is 9.59 Å². The van der Waals surface area contributed by atoms with Crippen LogP contribution in [0.2, 0.25) is 0 Å². The van der Waals surface area contributed by atoms with Crippen molar-refractivity contribution in [2.24, 2.45) is 5.73 Å². The van der Waals surface area contributed by atoms with E-state index in [2.05, 4.69) is 5.32 Å². The first-order valence-corrected chi connectivity index (χ1v) is 8.77. The van der Waals surface area contributed by atoms with Crippen LogP contribution < -0.4 is 11.1 Å². The van der Waals surface area contributed by atoms with Crippen LogP contribution >= 0.6 is 11.8 Å². The van der Waals surface area contributed by atoms with Gasteiger partial charge in [0.2, 0.25) is 11.8 Å². The fourth-order valence-corrected chi connectivity index (χ4v) is 3.33. The third-order valence-corrected chi connectivity index (χ3v) is 5.11. The maximum Gasteiger partial charge on any atom is 0.244 e. The van der Waals surface area contributed by atoms with Crippen molar-refractivity contribution in [3.63, 3.8) is 0 Å². The van der Waals surface area contributed by atoms with E-state index in [0.717, 1.165) is 48.7 Å². The normalized spacial score (nSPS) is 19.6. The van der Waals surface area contributed by atoms with Crippen molar-refractivity contribution in [3.05, 3.63) is 29.8 Å². The Morgan fingerprint density at radius 2 is 1.82 bits per heavy atom. The van der Waals surface area contributed by atoms with Crippen molar-refractivity contribution in [2.75, 3.05) is 29.9 Å². The fraction of sp³-hybridized carbons (Fsp3) is 0.500. The Morgan fingerprint density at radius 1 is 1.18 bits per heavy atom. The Labute approximate surface area is 134 Å². The number of benzene rings is 1. The van der Waals surface area contributed by atoms with Crippen LogP contribution in [-0.2, 0) is 16.0 Å². The summed E-state index contributed by atoms with van der Waals surface area (Å²) >= 11 is 1.89. The molecule has 2 amide bonds. The van der Waals surface area contributed by atoms with Gasteiger partial charge < -0.3 is 16.0 Å². The summed E-state index contributed by atoms with van der Waals surface area (Å²) in [5, 5.41) is 2.83. The van der Waals surface area contributed by atoms with E-state index in [-0.39, 0.29) is 11.8 Å². The Morgan fingerprint density at radius 3 is 2.41 bits per heavy atom. The lowest BCUT2D eigenvalue weighted by Crippen LogP contribution is -2.38. The monoisotopic (exact) mass is 319 g/mol. The number of thioether (sulfide) groups is 1. The Hall–Kier alpha value is -1.53. The molecule has 2 aliphatic rings. The minimum absolute atomic E-state index is 0.123. The van der Waals surface area contributed by atoms with Crippen molar-refractivity contribution < 1.29 is 9.59 Å². The van der Waals surface area contributed by atoms with Crippen LogP contribution in [0.3, 0.4) is 0 Å². The fourth-order valence-electron chi connectivity index (χ4n) is 2.42. The highest BCUT2D eigenvalue weighted by Crippen LogP contribution is 2.33. The molecule has 5 nitrogen and oxygen atoms in total. The van der Waals surface area contributed by atoms with Crippen LogP contribution in [0.25, 0.3) is 0 Å². The molecule has 0 spiro atoms. The summed E-state index contributed by atoms with van der Waals surface area (Å²) < 4.78 is 0. The molecule has 0 unspecified atom stereocenters. The first-order chi connectivity index (χ1) is 10.6. The molecule has 1 heterocycles. The Balaban J connectivity index is 1.54. The van der Waals surface area contributed by atoms with Gasteiger partial charge >= 0.3 is 0 Å². The molecule has 0 bridgehead atoms. The van der Waals surface area contributed by atoms with E-state index >= 15 is 0 Å². The summed E-state index contributed by atoms with van der Waals surface area (Å²) in [7, 11) is 0. The lowest BCUT2D eigenvalue weighted by Gasteiger charge is -2.26. The second-order valence-electron chi connectivity index (χ2n) is 5.98. The number of hydrogen-bond donors (Lipinski definition) is 2. The molecule has 1 aromatic rings. The van der Waals surface area contributed by atoms with E-state index in [4.69, 9.17) is 5.73 Å². The largest absolute Gasteiger partial charge is 0.341 e. The smallest absolute Gasteiger partial charge is 0.244 e. The second-order valence-corrected chi connectivity index (χ2v) is 7.20. The predicted octanol–water partition coefficient (Wildman–Crippen LogP) is 1.23. The van der Waals surface area contributed by atoms with E-state index in [0.29, 0.717) is 6.42 Å². The van der Waals surface area contributed by atoms with Crippen LogP contribution in [0.1, 0.15) is 18.4 Å². The number of amides is 2. The highest BCUT2D eigenvalue weighted by atomic mass is 32.2. The molecule has 3 N–H and O–H groups in total. The van der Waals surface area contributed by atoms with Crippen molar-refractivity contribution in [3.8, 4) is 0 Å². The van der Waals surface area contributed by atoms with Crippen LogP contribution in [0.4, 0.5) is 5.69 Å². The minimum atomic E-state index is -0.666. The number of anilines is 1. The number of carbonyl (C=O) groups excluding carboxylic acids is 2. The van der Waals surface area contributed by atoms with Crippen LogP contribution in [0.5, 0.6) is 0 Å². The Kier molecular flexibility index (Phi) is 4.40. The first kappa shape index (κ1) is 15.4. The molecule has 6 heteroatoms. The van der Waals surface area contributed by atoms with Gasteiger partial charge in [0, 0.05) is 30.3 Å². The third kappa shape index (κ3) is 3.62. The predicted molar refractivity (Wildman–Crippen MR) is 88.8 cm³/mol. The van der Waals surface area contributed by atoms with Gasteiger partial charge in [0.1, 0.15) is 0 Å². The number of rotatable bonds is 4. The summed E-state index contributed by atoms with van der Waals surface area (Å²) in [6.07, 6.45) is 1.92. The van der Waals surface area contributed by atoms with E-state index in [1.54, 1.807) is 0 Å². The molecular weight excluding hydrogens is 298 g/mol. The van der Waals surface area contributed by atoms with Gasteiger partial charge in [-0.1, -0.05) is 12.1 Å². The van der Waals surface area contributed by atoms with Gasteiger partial charge in [-0.15, -0.1) is 0 Å². The van der Waals surface area contributed by atoms with Crippen LogP contribution in [-0.4, -0.2) is 46.8 Å². The van der Waals surface area contributed by atoms with Crippen LogP contribution in [0, 0.1) is 0 Å². The van der Waals surface area contributed by atoms with Crippen LogP contribution in [0.15, 0.2) is 24.3 Å². The number of nitrogens with zero attached hydrogens (tertiary/aromatic N) is 1. The number of nitrogens with two attached hydrogens (primary N) is 1. The molecule has 1 aliphatic heterocycles. The summed E-state index contributed by atoms with van der Waals surface area (Å²) in [5.74, 6) is 2.10. The standard InChI is InChI=1S/C16H21N3O2S/c17-16(5-6-16)15(21)18-13-3-1-12(2-4-13)11-14(20)19-7-9-22-10-8-19/h1-4H,5-11,17H2,(H,18,21). The molecular formula is C16H21N3O2S. The number of carbonyl (C=O) groups is 2. The van der Waals surface area contributed by atoms with Gasteiger partial charge in [0.05, 0.1) is 12.0 Å². The van der Waals surface area contributed by atoms with E-state index in [9.17, 15) is 9.59 Å². The lowest BCUT2D eigenvalue weighted by atomic mass is 10.1. The molecule has 0 radical (unpaired) electrons. The molecule has 22 heavy (non-hydrogen) atoms. The topological polar surface area (TPSA) is 75.4 Å². The molecule has 0 atom stereocenters. The highest BCUT2D eigenvalue weighted by molar-refractivity contribution is 7.99. The van der Waals surface area contributed by atoms with Crippen molar-refractivity contribution in [1.82, 2.24) is 4.90 Å². The number of nitrogens with one attached hydrogen (secondary N) is 1. The first-order valence-electron chi connectivity index (χ1n) is 7.62. The van der Waals surface area contributed by atoms with Gasteiger partial charge in [-0.05, 0) is 30.5 Å². The third-order valence-electron chi connectivity index (χ3n) is 4.17. The zero-order valence-electron chi connectivity index (χ0n) is 12.5. The Bertz CT molecular complexity index is 563. The van der Waals surface area contributed by atoms with Gasteiger partial charge in [-0.25, -0.2) is 0 Å². The molecule has 2 fully saturated rings. The maximum atomic E-state index is 12.2. The highest BCUT2D eigenvalue weighted by Gasteiger charge is 2.45. The molecule has 0 aromatic heterocycles. The molecule has 118 valence electrons. The van der Waals surface area contributed by atoms with Gasteiger partial charge in [-0.2, -0.15) is 11.8 Å². The summed E-state index contributed by atoms with van der Waals surface area (Å²) in [6, 6.07) is 7.45. The quantitative estimate of drug-likeness (QED) is 0.875. The zero-order valence-corrected chi connectivity index (χ0v) is 13.3. The van der Waals surface area contributed by atoms with Crippen molar-refractivity contribution >= 4 is 29.3 Å². The average Bonchev–Trinajstić information content (AvgIpc) is 3.29. The SMILES string of the molecule is NC1(C(=O)Nc2ccc(CC(=O)N3CCSCC3)cc2)CC1. The molecule has 1 saturated carbocycles. The second kappa shape index (κ2) is 6.30. The van der Waals surface area contributed by atoms with E-state index in [1.165, 1.54) is 0 Å². The van der Waals surface area contributed by atoms with Gasteiger partial charge in [0.15, 0.2) is 0 Å². The lowest BCUT2D eigenvalue weighted by molar-refractivity contribution is -0.130. The van der Waals surface area contributed by atoms with Crippen molar-refractivity contribution in [1.29, 1.82) is 0 Å². The summed E-state index contributed by atoms with van der Waals surface area (Å²) in [6.45, 7) is 1.69. The van der Waals surface area contributed by atoms with Crippen molar-refractivity contribution in [2.45, 2.75) is 24.8 Å². The van der Waals surface area contributed by atoms with Gasteiger partial charge in [0.25, 0.3) is 0 Å². The minimum Gasteiger partial charge on any atom is -0.341 e. The molecule has 3 rings (SSSR count). The molecule has 1 aromatic carbocycles. The maximum absolute atomic E-state index is 12.2. The van der Waals surface area contributed by atoms with E-state index < -0.39 is 5.54 Å². The average molecular weight is 319 g/mol. The molecule has 1 saturated heterocycles. The molecule has 1 aliphatic carbocycles. The van der Waals surface area contributed by atoms with E-state index in [1.807, 2.05) is 40.9 Å².